The lowest BCUT2D eigenvalue weighted by atomic mass is 10.1. The van der Waals surface area contributed by atoms with Gasteiger partial charge in [0.2, 0.25) is 0 Å². The van der Waals surface area contributed by atoms with Crippen LogP contribution in [0.15, 0.2) is 60.8 Å². The van der Waals surface area contributed by atoms with Gasteiger partial charge in [-0.05, 0) is 37.2 Å². The Morgan fingerprint density at radius 1 is 1.00 bits per heavy atom. The Labute approximate surface area is 176 Å². The van der Waals surface area contributed by atoms with Gasteiger partial charge in [-0.1, -0.05) is 48.9 Å². The molecule has 0 atom stereocenters. The lowest BCUT2D eigenvalue weighted by Gasteiger charge is -2.34. The zero-order chi connectivity index (χ0) is 20.2. The molecular weight excluding hydrogens is 384 g/mol. The summed E-state index contributed by atoms with van der Waals surface area (Å²) in [6, 6.07) is 17.3. The van der Waals surface area contributed by atoms with Crippen LogP contribution in [0.5, 0.6) is 0 Å². The highest BCUT2D eigenvalue weighted by molar-refractivity contribution is 6.30. The van der Waals surface area contributed by atoms with Crippen LogP contribution < -0.4 is 0 Å². The first-order chi connectivity index (χ1) is 14.2. The summed E-state index contributed by atoms with van der Waals surface area (Å²) < 4.78 is 1.78. The highest BCUT2D eigenvalue weighted by Crippen LogP contribution is 2.26. The predicted molar refractivity (Wildman–Crippen MR) is 117 cm³/mol. The maximum atomic E-state index is 13.4. The van der Waals surface area contributed by atoms with E-state index in [-0.39, 0.29) is 5.91 Å². The molecule has 2 aromatic carbocycles. The molecule has 0 radical (unpaired) electrons. The number of rotatable bonds is 5. The number of hydrogen-bond donors (Lipinski definition) is 0. The van der Waals surface area contributed by atoms with E-state index in [0.717, 1.165) is 50.4 Å². The molecule has 1 saturated heterocycles. The molecular formula is C23H25ClN4O. The minimum Gasteiger partial charge on any atom is -0.336 e. The zero-order valence-electron chi connectivity index (χ0n) is 16.6. The molecule has 0 bridgehead atoms. The van der Waals surface area contributed by atoms with E-state index in [0.29, 0.717) is 16.3 Å². The molecule has 1 aromatic heterocycles. The fourth-order valence-electron chi connectivity index (χ4n) is 3.73. The van der Waals surface area contributed by atoms with E-state index in [9.17, 15) is 4.79 Å². The second kappa shape index (κ2) is 8.80. The van der Waals surface area contributed by atoms with E-state index in [1.54, 1.807) is 4.68 Å². The van der Waals surface area contributed by atoms with Crippen molar-refractivity contribution in [2.24, 2.45) is 0 Å². The normalized spacial score (nSPS) is 14.9. The molecule has 1 fully saturated rings. The Balaban J connectivity index is 1.67. The zero-order valence-corrected chi connectivity index (χ0v) is 17.3. The molecule has 1 aliphatic heterocycles. The van der Waals surface area contributed by atoms with Crippen molar-refractivity contribution in [3.63, 3.8) is 0 Å². The Bertz CT molecular complexity index is 960. The smallest absolute Gasteiger partial charge is 0.257 e. The van der Waals surface area contributed by atoms with Crippen LogP contribution in [-0.4, -0.2) is 58.2 Å². The monoisotopic (exact) mass is 408 g/mol. The summed E-state index contributed by atoms with van der Waals surface area (Å²) in [4.78, 5) is 17.8. The topological polar surface area (TPSA) is 41.4 Å². The van der Waals surface area contributed by atoms with Gasteiger partial charge in [0.05, 0.1) is 11.3 Å². The first-order valence-corrected chi connectivity index (χ1v) is 10.5. The maximum absolute atomic E-state index is 13.4. The molecule has 0 aliphatic carbocycles. The molecule has 0 N–H and O–H groups in total. The van der Waals surface area contributed by atoms with Crippen molar-refractivity contribution in [1.82, 2.24) is 19.6 Å². The summed E-state index contributed by atoms with van der Waals surface area (Å²) in [7, 11) is 0. The molecule has 29 heavy (non-hydrogen) atoms. The predicted octanol–water partition coefficient (Wildman–Crippen LogP) is 4.36. The van der Waals surface area contributed by atoms with E-state index >= 15 is 0 Å². The maximum Gasteiger partial charge on any atom is 0.257 e. The number of halogens is 1. The third-order valence-electron chi connectivity index (χ3n) is 5.28. The van der Waals surface area contributed by atoms with E-state index < -0.39 is 0 Å². The van der Waals surface area contributed by atoms with Crippen LogP contribution in [0.3, 0.4) is 0 Å². The fraction of sp³-hybridized carbons (Fsp3) is 0.304. The first kappa shape index (κ1) is 19.7. The van der Waals surface area contributed by atoms with Crippen LogP contribution in [0.1, 0.15) is 23.7 Å². The molecule has 6 heteroatoms. The second-order valence-corrected chi connectivity index (χ2v) is 7.75. The Kier molecular flexibility index (Phi) is 5.97. The minimum atomic E-state index is 0.0354. The van der Waals surface area contributed by atoms with Crippen molar-refractivity contribution in [1.29, 1.82) is 0 Å². The van der Waals surface area contributed by atoms with E-state index in [1.807, 2.05) is 65.7 Å². The first-order valence-electron chi connectivity index (χ1n) is 10.1. The lowest BCUT2D eigenvalue weighted by molar-refractivity contribution is 0.0638. The van der Waals surface area contributed by atoms with Crippen molar-refractivity contribution >= 4 is 17.5 Å². The molecule has 1 amide bonds. The summed E-state index contributed by atoms with van der Waals surface area (Å²) in [5.41, 5.74) is 3.12. The highest BCUT2D eigenvalue weighted by atomic mass is 35.5. The number of hydrogen-bond acceptors (Lipinski definition) is 3. The van der Waals surface area contributed by atoms with Gasteiger partial charge in [-0.25, -0.2) is 4.68 Å². The van der Waals surface area contributed by atoms with Gasteiger partial charge in [0.15, 0.2) is 0 Å². The summed E-state index contributed by atoms with van der Waals surface area (Å²) in [5.74, 6) is 0.0354. The fourth-order valence-corrected chi connectivity index (χ4v) is 3.85. The Morgan fingerprint density at radius 3 is 2.34 bits per heavy atom. The van der Waals surface area contributed by atoms with Crippen LogP contribution >= 0.6 is 11.6 Å². The van der Waals surface area contributed by atoms with Gasteiger partial charge in [-0.2, -0.15) is 5.10 Å². The third-order valence-corrected chi connectivity index (χ3v) is 5.53. The van der Waals surface area contributed by atoms with Crippen molar-refractivity contribution in [2.75, 3.05) is 32.7 Å². The van der Waals surface area contributed by atoms with Crippen molar-refractivity contribution in [2.45, 2.75) is 13.3 Å². The third kappa shape index (κ3) is 4.36. The van der Waals surface area contributed by atoms with Crippen molar-refractivity contribution in [3.8, 4) is 16.9 Å². The molecule has 150 valence electrons. The summed E-state index contributed by atoms with van der Waals surface area (Å²) >= 11 is 6.06. The average Bonchev–Trinajstić information content (AvgIpc) is 3.21. The minimum absolute atomic E-state index is 0.0354. The Morgan fingerprint density at radius 2 is 1.69 bits per heavy atom. The molecule has 3 aromatic rings. The second-order valence-electron chi connectivity index (χ2n) is 7.31. The Hall–Kier alpha value is -2.63. The number of benzene rings is 2. The number of nitrogens with zero attached hydrogens (tertiary/aromatic N) is 4. The van der Waals surface area contributed by atoms with E-state index in [4.69, 9.17) is 16.7 Å². The number of para-hydroxylation sites is 1. The summed E-state index contributed by atoms with van der Waals surface area (Å²) in [5, 5.41) is 5.42. The van der Waals surface area contributed by atoms with Gasteiger partial charge < -0.3 is 4.90 Å². The lowest BCUT2D eigenvalue weighted by Crippen LogP contribution is -2.48. The molecule has 1 aliphatic rings. The molecule has 0 spiro atoms. The van der Waals surface area contributed by atoms with Gasteiger partial charge >= 0.3 is 0 Å². The van der Waals surface area contributed by atoms with Crippen LogP contribution in [0.4, 0.5) is 0 Å². The number of piperazine rings is 1. The quantitative estimate of drug-likeness (QED) is 0.629. The molecule has 5 nitrogen and oxygen atoms in total. The standard InChI is InChI=1S/C23H25ClN4O/c1-2-12-26-13-15-27(16-14-26)23(29)21-17-28(20-6-4-3-5-7-20)25-22(21)18-8-10-19(24)11-9-18/h3-11,17H,2,12-16H2,1H3. The van der Waals surface area contributed by atoms with Crippen molar-refractivity contribution < 1.29 is 4.79 Å². The number of carbonyl (C=O) groups excluding carboxylic acids is 1. The highest BCUT2D eigenvalue weighted by Gasteiger charge is 2.26. The number of amides is 1. The van der Waals surface area contributed by atoms with Gasteiger partial charge in [0.25, 0.3) is 5.91 Å². The van der Waals surface area contributed by atoms with Crippen LogP contribution in [0.25, 0.3) is 16.9 Å². The average molecular weight is 409 g/mol. The van der Waals surface area contributed by atoms with Gasteiger partial charge in [-0.3, -0.25) is 9.69 Å². The molecule has 4 rings (SSSR count). The SMILES string of the molecule is CCCN1CCN(C(=O)c2cn(-c3ccccc3)nc2-c2ccc(Cl)cc2)CC1. The van der Waals surface area contributed by atoms with Gasteiger partial charge in [0, 0.05) is 43.0 Å². The molecule has 0 saturated carbocycles. The summed E-state index contributed by atoms with van der Waals surface area (Å²) in [6.07, 6.45) is 2.98. The van der Waals surface area contributed by atoms with Crippen LogP contribution in [0.2, 0.25) is 5.02 Å². The van der Waals surface area contributed by atoms with E-state index in [1.165, 1.54) is 0 Å². The molecule has 2 heterocycles. The number of carbonyl (C=O) groups is 1. The number of aromatic nitrogens is 2. The van der Waals surface area contributed by atoms with E-state index in [2.05, 4.69) is 11.8 Å². The van der Waals surface area contributed by atoms with Crippen LogP contribution in [-0.2, 0) is 0 Å². The van der Waals surface area contributed by atoms with Crippen LogP contribution in [0, 0.1) is 0 Å². The van der Waals surface area contributed by atoms with Gasteiger partial charge in [-0.15, -0.1) is 0 Å². The van der Waals surface area contributed by atoms with Gasteiger partial charge in [0.1, 0.15) is 5.69 Å². The largest absolute Gasteiger partial charge is 0.336 e. The molecule has 0 unspecified atom stereocenters. The summed E-state index contributed by atoms with van der Waals surface area (Å²) in [6.45, 7) is 6.61. The van der Waals surface area contributed by atoms with Crippen molar-refractivity contribution in [3.05, 3.63) is 71.4 Å².